The van der Waals surface area contributed by atoms with Gasteiger partial charge >= 0.3 is 0 Å². The molecule has 2 aliphatic heterocycles. The quantitative estimate of drug-likeness (QED) is 0.755. The van der Waals surface area contributed by atoms with Gasteiger partial charge in [0.15, 0.2) is 0 Å². The third-order valence-corrected chi connectivity index (χ3v) is 3.49. The molecule has 0 aromatic heterocycles. The SMILES string of the molecule is NCC1(c2ccc3c(c2)CC(=O)N3)COC1. The molecule has 3 rings (SSSR count). The summed E-state index contributed by atoms with van der Waals surface area (Å²) in [7, 11) is 0. The molecule has 1 amide bonds. The lowest BCUT2D eigenvalue weighted by Crippen LogP contribution is -2.52. The van der Waals surface area contributed by atoms with Gasteiger partial charge in [0.1, 0.15) is 0 Å². The first-order chi connectivity index (χ1) is 7.73. The zero-order valence-corrected chi connectivity index (χ0v) is 8.95. The van der Waals surface area contributed by atoms with Crippen LogP contribution in [0.1, 0.15) is 11.1 Å². The summed E-state index contributed by atoms with van der Waals surface area (Å²) in [6, 6.07) is 6.09. The maximum absolute atomic E-state index is 11.3. The predicted octanol–water partition coefficient (Wildman–Crippen LogP) is 0.408. The van der Waals surface area contributed by atoms with E-state index in [0.29, 0.717) is 26.2 Å². The molecule has 0 saturated carbocycles. The summed E-state index contributed by atoms with van der Waals surface area (Å²) < 4.78 is 5.26. The first kappa shape index (κ1) is 9.81. The average Bonchev–Trinajstić information content (AvgIpc) is 2.56. The zero-order chi connectivity index (χ0) is 11.2. The van der Waals surface area contributed by atoms with E-state index in [2.05, 4.69) is 11.4 Å². The van der Waals surface area contributed by atoms with E-state index < -0.39 is 0 Å². The number of benzene rings is 1. The van der Waals surface area contributed by atoms with Crippen LogP contribution in [0.15, 0.2) is 18.2 Å². The molecule has 4 heteroatoms. The number of hydrogen-bond donors (Lipinski definition) is 2. The molecule has 2 heterocycles. The van der Waals surface area contributed by atoms with Crippen LogP contribution in [0.25, 0.3) is 0 Å². The van der Waals surface area contributed by atoms with Gasteiger partial charge in [0.2, 0.25) is 5.91 Å². The van der Waals surface area contributed by atoms with Gasteiger partial charge in [-0.1, -0.05) is 12.1 Å². The lowest BCUT2D eigenvalue weighted by Gasteiger charge is -2.41. The summed E-state index contributed by atoms with van der Waals surface area (Å²) in [5.74, 6) is 0.0683. The van der Waals surface area contributed by atoms with Crippen molar-refractivity contribution in [2.75, 3.05) is 25.1 Å². The predicted molar refractivity (Wildman–Crippen MR) is 60.3 cm³/mol. The van der Waals surface area contributed by atoms with Crippen molar-refractivity contribution in [1.82, 2.24) is 0 Å². The molecule has 0 bridgehead atoms. The van der Waals surface area contributed by atoms with Gasteiger partial charge in [0, 0.05) is 12.2 Å². The van der Waals surface area contributed by atoms with E-state index in [1.165, 1.54) is 5.56 Å². The minimum absolute atomic E-state index is 0.0271. The topological polar surface area (TPSA) is 64.4 Å². The first-order valence-corrected chi connectivity index (χ1v) is 5.45. The van der Waals surface area contributed by atoms with E-state index in [4.69, 9.17) is 10.5 Å². The normalized spacial score (nSPS) is 21.2. The Morgan fingerprint density at radius 3 is 2.88 bits per heavy atom. The average molecular weight is 218 g/mol. The molecule has 1 saturated heterocycles. The van der Waals surface area contributed by atoms with Crippen molar-refractivity contribution in [3.8, 4) is 0 Å². The molecule has 0 spiro atoms. The number of ether oxygens (including phenoxy) is 1. The highest BCUT2D eigenvalue weighted by Crippen LogP contribution is 2.34. The summed E-state index contributed by atoms with van der Waals surface area (Å²) in [4.78, 5) is 11.3. The molecular weight excluding hydrogens is 204 g/mol. The Labute approximate surface area is 93.8 Å². The molecule has 0 radical (unpaired) electrons. The number of carbonyl (C=O) groups is 1. The van der Waals surface area contributed by atoms with Gasteiger partial charge in [-0.25, -0.2) is 0 Å². The number of nitrogens with one attached hydrogen (secondary N) is 1. The fourth-order valence-electron chi connectivity index (χ4n) is 2.31. The van der Waals surface area contributed by atoms with Crippen molar-refractivity contribution in [2.45, 2.75) is 11.8 Å². The Kier molecular flexibility index (Phi) is 2.02. The van der Waals surface area contributed by atoms with Gasteiger partial charge in [0.05, 0.1) is 25.0 Å². The Balaban J connectivity index is 1.98. The van der Waals surface area contributed by atoms with Crippen molar-refractivity contribution in [2.24, 2.45) is 5.73 Å². The smallest absolute Gasteiger partial charge is 0.228 e. The van der Waals surface area contributed by atoms with Crippen LogP contribution in [0.4, 0.5) is 5.69 Å². The maximum atomic E-state index is 11.3. The van der Waals surface area contributed by atoms with E-state index in [0.717, 1.165) is 11.3 Å². The number of anilines is 1. The van der Waals surface area contributed by atoms with E-state index in [1.807, 2.05) is 12.1 Å². The number of carbonyl (C=O) groups excluding carboxylic acids is 1. The number of fused-ring (bicyclic) bond motifs is 1. The van der Waals surface area contributed by atoms with Gasteiger partial charge in [-0.15, -0.1) is 0 Å². The van der Waals surface area contributed by atoms with Crippen LogP contribution in [-0.4, -0.2) is 25.7 Å². The van der Waals surface area contributed by atoms with Crippen molar-refractivity contribution in [3.63, 3.8) is 0 Å². The molecule has 1 aromatic rings. The Morgan fingerprint density at radius 1 is 1.44 bits per heavy atom. The van der Waals surface area contributed by atoms with Crippen LogP contribution in [0.5, 0.6) is 0 Å². The maximum Gasteiger partial charge on any atom is 0.228 e. The standard InChI is InChI=1S/C12H14N2O2/c13-5-12(6-16-7-12)9-1-2-10-8(3-9)4-11(15)14-10/h1-3H,4-7,13H2,(H,14,15). The highest BCUT2D eigenvalue weighted by Gasteiger charge is 2.39. The second-order valence-corrected chi connectivity index (χ2v) is 4.57. The van der Waals surface area contributed by atoms with Crippen LogP contribution in [0.2, 0.25) is 0 Å². The van der Waals surface area contributed by atoms with E-state index in [1.54, 1.807) is 0 Å². The lowest BCUT2D eigenvalue weighted by molar-refractivity contribution is -0.115. The third kappa shape index (κ3) is 1.27. The molecule has 4 nitrogen and oxygen atoms in total. The molecule has 1 fully saturated rings. The minimum Gasteiger partial charge on any atom is -0.379 e. The second kappa shape index (κ2) is 3.30. The van der Waals surface area contributed by atoms with Gasteiger partial charge < -0.3 is 15.8 Å². The molecule has 16 heavy (non-hydrogen) atoms. The number of rotatable bonds is 2. The molecule has 0 unspecified atom stereocenters. The molecule has 1 aromatic carbocycles. The van der Waals surface area contributed by atoms with E-state index in [-0.39, 0.29) is 11.3 Å². The summed E-state index contributed by atoms with van der Waals surface area (Å²) in [5.41, 5.74) is 8.98. The van der Waals surface area contributed by atoms with Gasteiger partial charge in [-0.05, 0) is 17.2 Å². The monoisotopic (exact) mass is 218 g/mol. The fourth-order valence-corrected chi connectivity index (χ4v) is 2.31. The Bertz CT molecular complexity index is 447. The summed E-state index contributed by atoms with van der Waals surface area (Å²) in [6.07, 6.45) is 0.477. The van der Waals surface area contributed by atoms with Crippen LogP contribution in [0, 0.1) is 0 Å². The van der Waals surface area contributed by atoms with Crippen molar-refractivity contribution in [3.05, 3.63) is 29.3 Å². The lowest BCUT2D eigenvalue weighted by atomic mass is 9.78. The van der Waals surface area contributed by atoms with E-state index in [9.17, 15) is 4.79 Å². The van der Waals surface area contributed by atoms with Crippen molar-refractivity contribution in [1.29, 1.82) is 0 Å². The van der Waals surface area contributed by atoms with Gasteiger partial charge in [0.25, 0.3) is 0 Å². The van der Waals surface area contributed by atoms with Gasteiger partial charge in [-0.3, -0.25) is 4.79 Å². The number of hydrogen-bond acceptors (Lipinski definition) is 3. The van der Waals surface area contributed by atoms with Crippen molar-refractivity contribution < 1.29 is 9.53 Å². The molecular formula is C12H14N2O2. The van der Waals surface area contributed by atoms with Crippen LogP contribution < -0.4 is 11.1 Å². The summed E-state index contributed by atoms with van der Waals surface area (Å²) in [5, 5.41) is 2.83. The minimum atomic E-state index is -0.0271. The van der Waals surface area contributed by atoms with Crippen LogP contribution in [0.3, 0.4) is 0 Å². The molecule has 0 aliphatic carbocycles. The first-order valence-electron chi connectivity index (χ1n) is 5.45. The van der Waals surface area contributed by atoms with Crippen LogP contribution in [-0.2, 0) is 21.4 Å². The third-order valence-electron chi connectivity index (χ3n) is 3.49. The van der Waals surface area contributed by atoms with E-state index >= 15 is 0 Å². The highest BCUT2D eigenvalue weighted by atomic mass is 16.5. The second-order valence-electron chi connectivity index (χ2n) is 4.57. The molecule has 0 atom stereocenters. The summed E-state index contributed by atoms with van der Waals surface area (Å²) in [6.45, 7) is 1.96. The molecule has 84 valence electrons. The van der Waals surface area contributed by atoms with Gasteiger partial charge in [-0.2, -0.15) is 0 Å². The largest absolute Gasteiger partial charge is 0.379 e. The highest BCUT2D eigenvalue weighted by molar-refractivity contribution is 5.99. The Hall–Kier alpha value is -1.39. The molecule has 3 N–H and O–H groups in total. The Morgan fingerprint density at radius 2 is 2.25 bits per heavy atom. The van der Waals surface area contributed by atoms with Crippen LogP contribution >= 0.6 is 0 Å². The summed E-state index contributed by atoms with van der Waals surface area (Å²) >= 11 is 0. The zero-order valence-electron chi connectivity index (χ0n) is 8.95. The molecule has 2 aliphatic rings. The fraction of sp³-hybridized carbons (Fsp3) is 0.417. The number of nitrogens with two attached hydrogens (primary N) is 1. The number of amides is 1. The van der Waals surface area contributed by atoms with Crippen molar-refractivity contribution >= 4 is 11.6 Å².